The van der Waals surface area contributed by atoms with Gasteiger partial charge in [0.1, 0.15) is 42.7 Å². The van der Waals surface area contributed by atoms with E-state index < -0.39 is 102 Å². The SMILES string of the molecule is C[C@H]1[C@H](C)CC[C@]2(C(=O)O)CC[C@]3(C(=O)O)C(=CC[C@H]4[C@@]5(C)CC[C@H](O[C@@H]6O[C@@H](C)[C@H](O[C@@H]7O[C@H](CO)[C@@H](O)[C@H](O)[C@H]7O)[C@@H](O)[C@H]6O)C(C)(C)[C@H]5CC[C@]43C)[C@@H]12. The Labute approximate surface area is 329 Å². The van der Waals surface area contributed by atoms with E-state index >= 15 is 0 Å². The fourth-order valence-electron chi connectivity index (χ4n) is 14.0. The van der Waals surface area contributed by atoms with Crippen molar-refractivity contribution in [2.75, 3.05) is 6.61 Å². The molecule has 56 heavy (non-hydrogen) atoms. The maximum atomic E-state index is 13.9. The van der Waals surface area contributed by atoms with Gasteiger partial charge in [0, 0.05) is 0 Å². The smallest absolute Gasteiger partial charge is 0.314 e. The number of allylic oxidation sites excluding steroid dienone is 1. The van der Waals surface area contributed by atoms with E-state index in [0.29, 0.717) is 44.4 Å². The molecule has 318 valence electrons. The molecule has 7 aliphatic rings. The highest BCUT2D eigenvalue weighted by Gasteiger charge is 2.73. The minimum absolute atomic E-state index is 0.0289. The molecule has 0 radical (unpaired) electrons. The van der Waals surface area contributed by atoms with Gasteiger partial charge in [0.15, 0.2) is 12.6 Å². The quantitative estimate of drug-likeness (QED) is 0.137. The van der Waals surface area contributed by atoms with E-state index in [4.69, 9.17) is 18.9 Å². The van der Waals surface area contributed by atoms with E-state index in [1.807, 2.05) is 0 Å². The molecule has 7 rings (SSSR count). The molecular formula is C42H66O14. The molecule has 2 heterocycles. The summed E-state index contributed by atoms with van der Waals surface area (Å²) in [5.74, 6) is -1.45. The van der Waals surface area contributed by atoms with Crippen LogP contribution in [0.3, 0.4) is 0 Å². The maximum absolute atomic E-state index is 13.9. The van der Waals surface area contributed by atoms with Gasteiger partial charge >= 0.3 is 11.9 Å². The zero-order valence-corrected chi connectivity index (χ0v) is 33.9. The van der Waals surface area contributed by atoms with E-state index in [-0.39, 0.29) is 35.2 Å². The van der Waals surface area contributed by atoms with Crippen LogP contribution < -0.4 is 0 Å². The summed E-state index contributed by atoms with van der Waals surface area (Å²) in [6.07, 6.45) is -6.76. The van der Waals surface area contributed by atoms with Gasteiger partial charge < -0.3 is 59.8 Å². The Hall–Kier alpha value is -1.72. The number of aliphatic hydroxyl groups excluding tert-OH is 6. The van der Waals surface area contributed by atoms with E-state index in [1.165, 1.54) is 0 Å². The fraction of sp³-hybridized carbons (Fsp3) is 0.905. The monoisotopic (exact) mass is 794 g/mol. The standard InChI is InChI=1S/C42H66O14/c1-19-10-15-41(36(49)50)16-17-42(37(51)52)22(27(41)20(19)2)8-9-25-39(6)13-12-26(38(4,5)24(39)11-14-40(25,42)7)55-34-32(48)30(46)33(21(3)53-34)56-35-31(47)29(45)28(44)23(18-43)54-35/h8,19-21,23-35,43-48H,9-18H2,1-7H3,(H,49,50)(H,51,52)/t19-,20+,21+,23-,24-,25+,26+,27-,28-,29+,30+,31-,32-,33+,34+,35+,39+,40-,41+,42-/m1/s1. The van der Waals surface area contributed by atoms with Crippen molar-refractivity contribution in [3.8, 4) is 0 Å². The second-order valence-corrected chi connectivity index (χ2v) is 20.0. The van der Waals surface area contributed by atoms with E-state index in [9.17, 15) is 50.4 Å². The van der Waals surface area contributed by atoms with Crippen molar-refractivity contribution < 1.29 is 69.4 Å². The summed E-state index contributed by atoms with van der Waals surface area (Å²) in [7, 11) is 0. The predicted octanol–water partition coefficient (Wildman–Crippen LogP) is 2.83. The lowest BCUT2D eigenvalue weighted by Crippen LogP contribution is -2.68. The molecular weight excluding hydrogens is 728 g/mol. The number of carbonyl (C=O) groups is 2. The molecule has 0 unspecified atom stereocenters. The molecule has 5 aliphatic carbocycles. The highest BCUT2D eigenvalue weighted by atomic mass is 16.7. The Balaban J connectivity index is 1.11. The predicted molar refractivity (Wildman–Crippen MR) is 198 cm³/mol. The van der Waals surface area contributed by atoms with E-state index in [1.54, 1.807) is 6.92 Å². The third kappa shape index (κ3) is 5.85. The molecule has 0 aromatic heterocycles. The van der Waals surface area contributed by atoms with Crippen molar-refractivity contribution in [2.24, 2.45) is 56.7 Å². The number of aliphatic carboxylic acids is 2. The van der Waals surface area contributed by atoms with Crippen molar-refractivity contribution in [3.05, 3.63) is 11.6 Å². The maximum Gasteiger partial charge on any atom is 0.314 e. The Bertz CT molecular complexity index is 1550. The number of hydrogen-bond acceptors (Lipinski definition) is 12. The van der Waals surface area contributed by atoms with Gasteiger partial charge in [-0.1, -0.05) is 53.2 Å². The lowest BCUT2D eigenvalue weighted by Gasteiger charge is -2.70. The number of aliphatic hydroxyl groups is 6. The molecule has 0 aromatic rings. The van der Waals surface area contributed by atoms with Gasteiger partial charge in [0.25, 0.3) is 0 Å². The van der Waals surface area contributed by atoms with Crippen LogP contribution in [0.4, 0.5) is 0 Å². The first-order chi connectivity index (χ1) is 26.1. The van der Waals surface area contributed by atoms with Gasteiger partial charge in [-0.05, 0) is 111 Å². The summed E-state index contributed by atoms with van der Waals surface area (Å²) >= 11 is 0. The van der Waals surface area contributed by atoms with Gasteiger partial charge in [0.2, 0.25) is 0 Å². The van der Waals surface area contributed by atoms with Crippen LogP contribution in [0.5, 0.6) is 0 Å². The van der Waals surface area contributed by atoms with Gasteiger partial charge in [0.05, 0.1) is 29.6 Å². The minimum atomic E-state index is -1.69. The summed E-state index contributed by atoms with van der Waals surface area (Å²) in [4.78, 5) is 27.0. The lowest BCUT2D eigenvalue weighted by molar-refractivity contribution is -0.364. The molecule has 2 saturated heterocycles. The Kier molecular flexibility index (Phi) is 11.0. The number of rotatable bonds is 7. The third-order valence-electron chi connectivity index (χ3n) is 17.4. The topological polar surface area (TPSA) is 233 Å². The summed E-state index contributed by atoms with van der Waals surface area (Å²) in [6.45, 7) is 14.1. The largest absolute Gasteiger partial charge is 0.481 e. The number of hydrogen-bond donors (Lipinski definition) is 8. The molecule has 8 N–H and O–H groups in total. The second-order valence-electron chi connectivity index (χ2n) is 20.0. The highest BCUT2D eigenvalue weighted by Crippen LogP contribution is 2.76. The number of carboxylic acids is 2. The molecule has 0 aromatic carbocycles. The van der Waals surface area contributed by atoms with Crippen LogP contribution in [-0.4, -0.2) is 127 Å². The highest BCUT2D eigenvalue weighted by molar-refractivity contribution is 5.84. The van der Waals surface area contributed by atoms with Crippen molar-refractivity contribution >= 4 is 11.9 Å². The molecule has 14 heteroatoms. The van der Waals surface area contributed by atoms with Crippen LogP contribution in [0.15, 0.2) is 11.6 Å². The molecule has 4 saturated carbocycles. The summed E-state index contributed by atoms with van der Waals surface area (Å²) in [6, 6.07) is 0. The first-order valence-corrected chi connectivity index (χ1v) is 20.9. The van der Waals surface area contributed by atoms with Gasteiger partial charge in [-0.25, -0.2) is 0 Å². The lowest BCUT2D eigenvalue weighted by atomic mass is 9.33. The summed E-state index contributed by atoms with van der Waals surface area (Å²) in [5, 5.41) is 85.2. The Morgan fingerprint density at radius 1 is 0.750 bits per heavy atom. The average Bonchev–Trinajstić information content (AvgIpc) is 3.14. The van der Waals surface area contributed by atoms with Crippen molar-refractivity contribution in [1.82, 2.24) is 0 Å². The zero-order valence-electron chi connectivity index (χ0n) is 33.9. The average molecular weight is 795 g/mol. The number of carboxylic acid groups (broad SMARTS) is 2. The summed E-state index contributed by atoms with van der Waals surface area (Å²) in [5.41, 5.74) is -2.55. The Morgan fingerprint density at radius 2 is 1.41 bits per heavy atom. The van der Waals surface area contributed by atoms with Crippen LogP contribution in [0, 0.1) is 56.7 Å². The molecule has 6 fully saturated rings. The van der Waals surface area contributed by atoms with Gasteiger partial charge in [-0.15, -0.1) is 0 Å². The fourth-order valence-corrected chi connectivity index (χ4v) is 14.0. The second kappa shape index (κ2) is 14.5. The van der Waals surface area contributed by atoms with Crippen molar-refractivity contribution in [1.29, 1.82) is 0 Å². The molecule has 0 amide bonds. The van der Waals surface area contributed by atoms with Crippen LogP contribution in [0.2, 0.25) is 0 Å². The molecule has 14 nitrogen and oxygen atoms in total. The number of ether oxygens (including phenoxy) is 4. The summed E-state index contributed by atoms with van der Waals surface area (Å²) < 4.78 is 24.0. The first-order valence-electron chi connectivity index (χ1n) is 20.9. The Morgan fingerprint density at radius 3 is 2.05 bits per heavy atom. The molecule has 2 aliphatic heterocycles. The third-order valence-corrected chi connectivity index (χ3v) is 17.4. The molecule has 0 bridgehead atoms. The van der Waals surface area contributed by atoms with Crippen LogP contribution in [-0.2, 0) is 28.5 Å². The molecule has 20 atom stereocenters. The van der Waals surface area contributed by atoms with E-state index in [0.717, 1.165) is 24.8 Å². The minimum Gasteiger partial charge on any atom is -0.481 e. The number of fused-ring (bicyclic) bond motifs is 7. The van der Waals surface area contributed by atoms with Crippen LogP contribution >= 0.6 is 0 Å². The first kappa shape index (κ1) is 42.4. The molecule has 0 spiro atoms. The van der Waals surface area contributed by atoms with Crippen LogP contribution in [0.1, 0.15) is 106 Å². The zero-order chi connectivity index (χ0) is 41.1. The van der Waals surface area contributed by atoms with Crippen molar-refractivity contribution in [2.45, 2.75) is 174 Å². The normalized spacial score (nSPS) is 54.1. The van der Waals surface area contributed by atoms with Gasteiger partial charge in [-0.3, -0.25) is 9.59 Å². The van der Waals surface area contributed by atoms with E-state index in [2.05, 4.69) is 47.6 Å². The van der Waals surface area contributed by atoms with Crippen molar-refractivity contribution in [3.63, 3.8) is 0 Å². The van der Waals surface area contributed by atoms with Crippen LogP contribution in [0.25, 0.3) is 0 Å². The van der Waals surface area contributed by atoms with Gasteiger partial charge in [-0.2, -0.15) is 0 Å².